The predicted molar refractivity (Wildman–Crippen MR) is 92.6 cm³/mol. The first-order chi connectivity index (χ1) is 10.2. The number of nitrogens with zero attached hydrogens (tertiary/aromatic N) is 2. The highest BCUT2D eigenvalue weighted by atomic mass is 35.5. The van der Waals surface area contributed by atoms with E-state index in [0.717, 1.165) is 39.1 Å². The van der Waals surface area contributed by atoms with E-state index in [-0.39, 0.29) is 18.3 Å². The number of likely N-dealkylation sites (tertiary alicyclic amines) is 1. The summed E-state index contributed by atoms with van der Waals surface area (Å²) in [4.78, 5) is 16.9. The standard InChI is InChI=1S/C17H25N3O.ClH/c1-14-5-4-9-20(12-14)17(21)13-19-10-8-18-11-15-6-2-3-7-16(15)19;/h2-3,6-7,14,18H,4-5,8-13H2,1H3;1H. The van der Waals surface area contributed by atoms with Crippen LogP contribution < -0.4 is 10.2 Å². The van der Waals surface area contributed by atoms with Gasteiger partial charge in [0, 0.05) is 38.4 Å². The number of para-hydroxylation sites is 1. The van der Waals surface area contributed by atoms with Crippen LogP contribution in [0.4, 0.5) is 5.69 Å². The minimum Gasteiger partial charge on any atom is -0.361 e. The molecule has 1 atom stereocenters. The summed E-state index contributed by atoms with van der Waals surface area (Å²) in [6.45, 7) is 7.31. The highest BCUT2D eigenvalue weighted by Crippen LogP contribution is 2.22. The molecule has 0 saturated carbocycles. The molecule has 1 N–H and O–H groups in total. The molecule has 1 amide bonds. The highest BCUT2D eigenvalue weighted by Gasteiger charge is 2.24. The Bertz CT molecular complexity index is 508. The van der Waals surface area contributed by atoms with E-state index in [9.17, 15) is 4.79 Å². The molecule has 0 aromatic heterocycles. The number of fused-ring (bicyclic) bond motifs is 1. The van der Waals surface area contributed by atoms with Gasteiger partial charge in [0.25, 0.3) is 0 Å². The number of hydrogen-bond donors (Lipinski definition) is 1. The average molecular weight is 324 g/mol. The zero-order valence-electron chi connectivity index (χ0n) is 13.3. The summed E-state index contributed by atoms with van der Waals surface area (Å²) in [6, 6.07) is 8.41. The molecule has 22 heavy (non-hydrogen) atoms. The summed E-state index contributed by atoms with van der Waals surface area (Å²) >= 11 is 0. The van der Waals surface area contributed by atoms with Gasteiger partial charge in [-0.2, -0.15) is 0 Å². The van der Waals surface area contributed by atoms with Crippen molar-refractivity contribution in [3.63, 3.8) is 0 Å². The molecule has 5 heteroatoms. The molecule has 1 saturated heterocycles. The van der Waals surface area contributed by atoms with Gasteiger partial charge in [-0.25, -0.2) is 0 Å². The number of amides is 1. The maximum absolute atomic E-state index is 12.6. The minimum atomic E-state index is 0. The van der Waals surface area contributed by atoms with E-state index in [2.05, 4.69) is 46.3 Å². The van der Waals surface area contributed by atoms with Crippen molar-refractivity contribution in [3.8, 4) is 0 Å². The normalized spacial score (nSPS) is 21.6. The fourth-order valence-corrected chi connectivity index (χ4v) is 3.37. The van der Waals surface area contributed by atoms with Gasteiger partial charge in [-0.3, -0.25) is 4.79 Å². The number of hydrogen-bond acceptors (Lipinski definition) is 3. The molecule has 1 fully saturated rings. The Morgan fingerprint density at radius 3 is 2.95 bits per heavy atom. The lowest BCUT2D eigenvalue weighted by atomic mass is 10.0. The maximum atomic E-state index is 12.6. The Balaban J connectivity index is 0.00000176. The van der Waals surface area contributed by atoms with E-state index in [0.29, 0.717) is 12.5 Å². The molecule has 0 aliphatic carbocycles. The maximum Gasteiger partial charge on any atom is 0.242 e. The van der Waals surface area contributed by atoms with Crippen LogP contribution in [0.5, 0.6) is 0 Å². The Labute approximate surface area is 139 Å². The molecular weight excluding hydrogens is 298 g/mol. The lowest BCUT2D eigenvalue weighted by molar-refractivity contribution is -0.131. The average Bonchev–Trinajstić information content (AvgIpc) is 2.70. The Kier molecular flexibility index (Phi) is 6.09. The summed E-state index contributed by atoms with van der Waals surface area (Å²) in [5.74, 6) is 0.916. The topological polar surface area (TPSA) is 35.6 Å². The number of carbonyl (C=O) groups is 1. The quantitative estimate of drug-likeness (QED) is 0.907. The number of benzene rings is 1. The van der Waals surface area contributed by atoms with Crippen LogP contribution in [0.2, 0.25) is 0 Å². The number of piperidine rings is 1. The molecule has 2 aliphatic rings. The largest absolute Gasteiger partial charge is 0.361 e. The lowest BCUT2D eigenvalue weighted by Crippen LogP contribution is -2.45. The monoisotopic (exact) mass is 323 g/mol. The van der Waals surface area contributed by atoms with Crippen LogP contribution in [0.1, 0.15) is 25.3 Å². The summed E-state index contributed by atoms with van der Waals surface area (Å²) in [6.07, 6.45) is 2.39. The zero-order valence-corrected chi connectivity index (χ0v) is 14.1. The number of carbonyl (C=O) groups excluding carboxylic acids is 1. The fourth-order valence-electron chi connectivity index (χ4n) is 3.37. The number of halogens is 1. The van der Waals surface area contributed by atoms with E-state index in [1.165, 1.54) is 17.7 Å². The first-order valence-electron chi connectivity index (χ1n) is 8.05. The predicted octanol–water partition coefficient (Wildman–Crippen LogP) is 2.28. The molecule has 1 aromatic rings. The summed E-state index contributed by atoms with van der Waals surface area (Å²) in [5.41, 5.74) is 2.50. The molecule has 0 bridgehead atoms. The van der Waals surface area contributed by atoms with Crippen LogP contribution in [-0.2, 0) is 11.3 Å². The lowest BCUT2D eigenvalue weighted by Gasteiger charge is -2.33. The zero-order chi connectivity index (χ0) is 14.7. The molecule has 0 radical (unpaired) electrons. The second kappa shape index (κ2) is 7.84. The van der Waals surface area contributed by atoms with Crippen molar-refractivity contribution in [2.45, 2.75) is 26.3 Å². The van der Waals surface area contributed by atoms with E-state index in [1.807, 2.05) is 0 Å². The molecule has 122 valence electrons. The molecule has 2 aliphatic heterocycles. The van der Waals surface area contributed by atoms with Crippen LogP contribution in [0.15, 0.2) is 24.3 Å². The van der Waals surface area contributed by atoms with E-state index < -0.39 is 0 Å². The molecule has 0 spiro atoms. The van der Waals surface area contributed by atoms with Crippen LogP contribution >= 0.6 is 12.4 Å². The number of nitrogens with one attached hydrogen (secondary N) is 1. The van der Waals surface area contributed by atoms with Crippen molar-refractivity contribution >= 4 is 24.0 Å². The van der Waals surface area contributed by atoms with Gasteiger partial charge in [0.1, 0.15) is 0 Å². The third-order valence-electron chi connectivity index (χ3n) is 4.54. The molecular formula is C17H26ClN3O. The van der Waals surface area contributed by atoms with Crippen molar-refractivity contribution in [2.75, 3.05) is 37.6 Å². The van der Waals surface area contributed by atoms with E-state index in [4.69, 9.17) is 0 Å². The van der Waals surface area contributed by atoms with Crippen molar-refractivity contribution in [2.24, 2.45) is 5.92 Å². The summed E-state index contributed by atoms with van der Waals surface area (Å²) in [7, 11) is 0. The molecule has 2 heterocycles. The molecule has 1 aromatic carbocycles. The van der Waals surface area contributed by atoms with Gasteiger partial charge in [-0.1, -0.05) is 25.1 Å². The second-order valence-electron chi connectivity index (χ2n) is 6.31. The number of rotatable bonds is 2. The van der Waals surface area contributed by atoms with E-state index >= 15 is 0 Å². The van der Waals surface area contributed by atoms with Crippen molar-refractivity contribution in [1.29, 1.82) is 0 Å². The Morgan fingerprint density at radius 2 is 2.14 bits per heavy atom. The van der Waals surface area contributed by atoms with Gasteiger partial charge in [0.2, 0.25) is 5.91 Å². The van der Waals surface area contributed by atoms with Crippen molar-refractivity contribution in [1.82, 2.24) is 10.2 Å². The van der Waals surface area contributed by atoms with Gasteiger partial charge in [-0.15, -0.1) is 12.4 Å². The van der Waals surface area contributed by atoms with E-state index in [1.54, 1.807) is 0 Å². The van der Waals surface area contributed by atoms with Gasteiger partial charge in [0.05, 0.1) is 6.54 Å². The van der Waals surface area contributed by atoms with Crippen LogP contribution in [0, 0.1) is 5.92 Å². The third kappa shape index (κ3) is 3.93. The summed E-state index contributed by atoms with van der Waals surface area (Å²) < 4.78 is 0. The van der Waals surface area contributed by atoms with Gasteiger partial charge >= 0.3 is 0 Å². The van der Waals surface area contributed by atoms with Crippen molar-refractivity contribution in [3.05, 3.63) is 29.8 Å². The molecule has 1 unspecified atom stereocenters. The Hall–Kier alpha value is -1.26. The highest BCUT2D eigenvalue weighted by molar-refractivity contribution is 5.85. The fraction of sp³-hybridized carbons (Fsp3) is 0.588. The van der Waals surface area contributed by atoms with Crippen LogP contribution in [-0.4, -0.2) is 43.5 Å². The minimum absolute atomic E-state index is 0. The Morgan fingerprint density at radius 1 is 1.32 bits per heavy atom. The van der Waals surface area contributed by atoms with Gasteiger partial charge < -0.3 is 15.1 Å². The van der Waals surface area contributed by atoms with Crippen LogP contribution in [0.3, 0.4) is 0 Å². The van der Waals surface area contributed by atoms with Gasteiger partial charge in [-0.05, 0) is 30.4 Å². The van der Waals surface area contributed by atoms with Crippen LogP contribution in [0.25, 0.3) is 0 Å². The molecule has 4 nitrogen and oxygen atoms in total. The van der Waals surface area contributed by atoms with Gasteiger partial charge in [0.15, 0.2) is 0 Å². The first kappa shape index (κ1) is 17.1. The third-order valence-corrected chi connectivity index (χ3v) is 4.54. The smallest absolute Gasteiger partial charge is 0.242 e. The number of anilines is 1. The van der Waals surface area contributed by atoms with Crippen molar-refractivity contribution < 1.29 is 4.79 Å². The molecule has 3 rings (SSSR count). The first-order valence-corrected chi connectivity index (χ1v) is 8.05. The summed E-state index contributed by atoms with van der Waals surface area (Å²) in [5, 5.41) is 3.43. The second-order valence-corrected chi connectivity index (χ2v) is 6.31. The SMILES string of the molecule is CC1CCCN(C(=O)CN2CCNCc3ccccc32)C1.Cl.